The molecular formula is C18H21ClO2. The number of ether oxygens (including phenoxy) is 1. The summed E-state index contributed by atoms with van der Waals surface area (Å²) < 4.78 is 5.63. The molecule has 0 aliphatic rings. The van der Waals surface area contributed by atoms with E-state index >= 15 is 0 Å². The zero-order valence-electron chi connectivity index (χ0n) is 12.5. The van der Waals surface area contributed by atoms with Crippen molar-refractivity contribution in [2.24, 2.45) is 0 Å². The molecule has 1 unspecified atom stereocenters. The molecule has 0 fully saturated rings. The van der Waals surface area contributed by atoms with Crippen LogP contribution >= 0.6 is 11.6 Å². The molecule has 2 nitrogen and oxygen atoms in total. The number of hydrogen-bond acceptors (Lipinski definition) is 2. The maximum atomic E-state index is 10.4. The van der Waals surface area contributed by atoms with Crippen LogP contribution in [0.1, 0.15) is 23.6 Å². The van der Waals surface area contributed by atoms with Gasteiger partial charge in [0.25, 0.3) is 0 Å². The van der Waals surface area contributed by atoms with Crippen molar-refractivity contribution in [1.29, 1.82) is 0 Å². The Hall–Kier alpha value is -1.35. The van der Waals surface area contributed by atoms with E-state index in [-0.39, 0.29) is 0 Å². The van der Waals surface area contributed by atoms with Crippen molar-refractivity contribution in [2.75, 3.05) is 6.61 Å². The third-order valence-electron chi connectivity index (χ3n) is 3.33. The molecule has 0 heterocycles. The minimum absolute atomic E-state index is 0.295. The monoisotopic (exact) mass is 304 g/mol. The highest BCUT2D eigenvalue weighted by Crippen LogP contribution is 2.20. The quantitative estimate of drug-likeness (QED) is 0.868. The van der Waals surface area contributed by atoms with Gasteiger partial charge < -0.3 is 9.84 Å². The summed E-state index contributed by atoms with van der Waals surface area (Å²) in [7, 11) is 0. The molecule has 0 bridgehead atoms. The van der Waals surface area contributed by atoms with E-state index in [1.165, 1.54) is 0 Å². The van der Waals surface area contributed by atoms with Crippen molar-refractivity contribution >= 4 is 11.6 Å². The average Bonchev–Trinajstić information content (AvgIpc) is 2.43. The summed E-state index contributed by atoms with van der Waals surface area (Å²) in [5.41, 5.74) is 2.30. The topological polar surface area (TPSA) is 29.5 Å². The molecular weight excluding hydrogens is 284 g/mol. The molecule has 2 aromatic carbocycles. The van der Waals surface area contributed by atoms with Gasteiger partial charge in [-0.25, -0.2) is 0 Å². The molecule has 0 amide bonds. The minimum atomic E-state index is -0.894. The summed E-state index contributed by atoms with van der Waals surface area (Å²) in [6.45, 7) is 4.56. The smallest absolute Gasteiger partial charge is 0.0892 e. The molecule has 0 aliphatic carbocycles. The largest absolute Gasteiger partial charge is 0.387 e. The molecule has 2 aromatic rings. The molecule has 0 saturated heterocycles. The second-order valence-corrected chi connectivity index (χ2v) is 6.14. The Kier molecular flexibility index (Phi) is 5.40. The number of benzene rings is 2. The van der Waals surface area contributed by atoms with E-state index in [2.05, 4.69) is 0 Å². The first-order valence-electron chi connectivity index (χ1n) is 7.05. The Labute approximate surface area is 131 Å². The third-order valence-corrected chi connectivity index (χ3v) is 3.76. The van der Waals surface area contributed by atoms with Crippen LogP contribution in [0.15, 0.2) is 48.5 Å². The van der Waals surface area contributed by atoms with Crippen molar-refractivity contribution < 1.29 is 9.84 Å². The first-order chi connectivity index (χ1) is 9.96. The molecule has 0 aromatic heterocycles. The number of aryl methyl sites for hydroxylation is 1. The Bertz CT molecular complexity index is 579. The van der Waals surface area contributed by atoms with E-state index in [1.54, 1.807) is 6.92 Å². The third kappa shape index (κ3) is 5.16. The Morgan fingerprint density at radius 2 is 1.81 bits per heavy atom. The highest BCUT2D eigenvalue weighted by molar-refractivity contribution is 6.31. The van der Waals surface area contributed by atoms with E-state index in [0.717, 1.165) is 21.7 Å². The van der Waals surface area contributed by atoms with Gasteiger partial charge in [-0.2, -0.15) is 0 Å². The van der Waals surface area contributed by atoms with Gasteiger partial charge in [0.15, 0.2) is 0 Å². The SMILES string of the molecule is Cc1cc(CC(C)(O)COCc2ccccc2)ccc1Cl. The van der Waals surface area contributed by atoms with Crippen LogP contribution in [-0.4, -0.2) is 17.3 Å². The van der Waals surface area contributed by atoms with Crippen molar-refractivity contribution in [1.82, 2.24) is 0 Å². The normalized spacial score (nSPS) is 13.9. The lowest BCUT2D eigenvalue weighted by molar-refractivity contribution is -0.0388. The van der Waals surface area contributed by atoms with Crippen LogP contribution in [-0.2, 0) is 17.8 Å². The molecule has 0 aliphatic heterocycles. The fraction of sp³-hybridized carbons (Fsp3) is 0.333. The maximum absolute atomic E-state index is 10.4. The van der Waals surface area contributed by atoms with Crippen LogP contribution in [0.2, 0.25) is 5.02 Å². The Morgan fingerprint density at radius 1 is 1.10 bits per heavy atom. The van der Waals surface area contributed by atoms with E-state index in [1.807, 2.05) is 55.5 Å². The summed E-state index contributed by atoms with van der Waals surface area (Å²) in [6.07, 6.45) is 0.541. The summed E-state index contributed by atoms with van der Waals surface area (Å²) in [4.78, 5) is 0. The van der Waals surface area contributed by atoms with Crippen molar-refractivity contribution in [3.05, 3.63) is 70.2 Å². The molecule has 3 heteroatoms. The number of halogens is 1. The van der Waals surface area contributed by atoms with Gasteiger partial charge in [0.1, 0.15) is 0 Å². The van der Waals surface area contributed by atoms with E-state index in [0.29, 0.717) is 19.6 Å². The van der Waals surface area contributed by atoms with E-state index < -0.39 is 5.60 Å². The second kappa shape index (κ2) is 7.08. The first kappa shape index (κ1) is 16.0. The van der Waals surface area contributed by atoms with Crippen molar-refractivity contribution in [2.45, 2.75) is 32.5 Å². The molecule has 0 saturated carbocycles. The standard InChI is InChI=1S/C18H21ClO2/c1-14-10-16(8-9-17(14)19)11-18(2,20)13-21-12-15-6-4-3-5-7-15/h3-10,20H,11-13H2,1-2H3. The molecule has 112 valence electrons. The van der Waals surface area contributed by atoms with Gasteiger partial charge in [-0.15, -0.1) is 0 Å². The van der Waals surface area contributed by atoms with Gasteiger partial charge in [-0.3, -0.25) is 0 Å². The minimum Gasteiger partial charge on any atom is -0.387 e. The lowest BCUT2D eigenvalue weighted by Gasteiger charge is -2.23. The fourth-order valence-corrected chi connectivity index (χ4v) is 2.39. The van der Waals surface area contributed by atoms with Crippen LogP contribution in [0.5, 0.6) is 0 Å². The van der Waals surface area contributed by atoms with E-state index in [4.69, 9.17) is 16.3 Å². The number of rotatable bonds is 6. The predicted molar refractivity (Wildman–Crippen MR) is 86.6 cm³/mol. The van der Waals surface area contributed by atoms with Gasteiger partial charge in [0.05, 0.1) is 18.8 Å². The fourth-order valence-electron chi connectivity index (χ4n) is 2.27. The first-order valence-corrected chi connectivity index (χ1v) is 7.43. The van der Waals surface area contributed by atoms with Gasteiger partial charge >= 0.3 is 0 Å². The van der Waals surface area contributed by atoms with Crippen LogP contribution < -0.4 is 0 Å². The summed E-state index contributed by atoms with van der Waals surface area (Å²) in [5, 5.41) is 11.2. The average molecular weight is 305 g/mol. The zero-order valence-corrected chi connectivity index (χ0v) is 13.2. The maximum Gasteiger partial charge on any atom is 0.0892 e. The van der Waals surface area contributed by atoms with Gasteiger partial charge in [0.2, 0.25) is 0 Å². The van der Waals surface area contributed by atoms with Crippen LogP contribution in [0.3, 0.4) is 0 Å². The van der Waals surface area contributed by atoms with Crippen molar-refractivity contribution in [3.8, 4) is 0 Å². The molecule has 1 atom stereocenters. The van der Waals surface area contributed by atoms with Crippen molar-refractivity contribution in [3.63, 3.8) is 0 Å². The molecule has 0 radical (unpaired) electrons. The molecule has 2 rings (SSSR count). The number of aliphatic hydroxyl groups is 1. The van der Waals surface area contributed by atoms with Gasteiger partial charge in [-0.1, -0.05) is 54.1 Å². The molecule has 0 spiro atoms. The summed E-state index contributed by atoms with van der Waals surface area (Å²) in [5.74, 6) is 0. The highest BCUT2D eigenvalue weighted by Gasteiger charge is 2.21. The van der Waals surface area contributed by atoms with Gasteiger partial charge in [0, 0.05) is 11.4 Å². The Balaban J connectivity index is 1.87. The van der Waals surface area contributed by atoms with Crippen LogP contribution in [0, 0.1) is 6.92 Å². The zero-order chi connectivity index (χ0) is 15.3. The van der Waals surface area contributed by atoms with Crippen LogP contribution in [0.4, 0.5) is 0 Å². The highest BCUT2D eigenvalue weighted by atomic mass is 35.5. The molecule has 21 heavy (non-hydrogen) atoms. The van der Waals surface area contributed by atoms with Crippen LogP contribution in [0.25, 0.3) is 0 Å². The lowest BCUT2D eigenvalue weighted by Crippen LogP contribution is -2.33. The second-order valence-electron chi connectivity index (χ2n) is 5.74. The molecule has 1 N–H and O–H groups in total. The lowest BCUT2D eigenvalue weighted by atomic mass is 9.96. The van der Waals surface area contributed by atoms with E-state index in [9.17, 15) is 5.11 Å². The Morgan fingerprint density at radius 3 is 2.48 bits per heavy atom. The number of hydrogen-bond donors (Lipinski definition) is 1. The predicted octanol–water partition coefficient (Wildman–Crippen LogP) is 4.16. The summed E-state index contributed by atoms with van der Waals surface area (Å²) in [6, 6.07) is 15.8. The van der Waals surface area contributed by atoms with Gasteiger partial charge in [-0.05, 0) is 36.6 Å². The summed E-state index contributed by atoms with van der Waals surface area (Å²) >= 11 is 6.02.